The largest absolute Gasteiger partial charge is 0.362 e. The molecule has 5 nitrogen and oxygen atoms in total. The molecule has 5 heteroatoms. The van der Waals surface area contributed by atoms with Gasteiger partial charge in [-0.3, -0.25) is 9.59 Å². The van der Waals surface area contributed by atoms with Crippen LogP contribution in [0, 0.1) is 6.92 Å². The van der Waals surface area contributed by atoms with Crippen LogP contribution in [-0.4, -0.2) is 42.9 Å². The summed E-state index contributed by atoms with van der Waals surface area (Å²) in [5.41, 5.74) is 5.08. The minimum absolute atomic E-state index is 0.0168. The molecule has 0 fully saturated rings. The molecule has 1 aliphatic heterocycles. The number of carbonyl (C=O) groups excluding carboxylic acids is 2. The average Bonchev–Trinajstić information content (AvgIpc) is 2.69. The van der Waals surface area contributed by atoms with Crippen LogP contribution in [0.1, 0.15) is 41.8 Å². The monoisotopic (exact) mass is 379 g/mol. The van der Waals surface area contributed by atoms with Gasteiger partial charge in [0.25, 0.3) is 5.91 Å². The van der Waals surface area contributed by atoms with Crippen LogP contribution in [0.3, 0.4) is 0 Å². The predicted molar refractivity (Wildman–Crippen MR) is 114 cm³/mol. The van der Waals surface area contributed by atoms with Crippen molar-refractivity contribution >= 4 is 23.2 Å². The third kappa shape index (κ3) is 4.53. The number of nitrogens with one attached hydrogen (secondary N) is 1. The van der Waals surface area contributed by atoms with Crippen LogP contribution >= 0.6 is 0 Å². The van der Waals surface area contributed by atoms with Gasteiger partial charge in [0, 0.05) is 36.6 Å². The zero-order chi connectivity index (χ0) is 20.1. The molecule has 1 aliphatic rings. The Kier molecular flexibility index (Phi) is 6.34. The SMILES string of the molecule is CCN(CC)C(=O)c1ccc(NC(=O)CN2CCCc3cc(C)ccc32)cc1. The second kappa shape index (κ2) is 8.91. The number of rotatable bonds is 6. The normalized spacial score (nSPS) is 13.0. The summed E-state index contributed by atoms with van der Waals surface area (Å²) in [6, 6.07) is 13.6. The fourth-order valence-electron chi connectivity index (χ4n) is 3.73. The lowest BCUT2D eigenvalue weighted by atomic mass is 9.99. The highest BCUT2D eigenvalue weighted by atomic mass is 16.2. The molecule has 1 N–H and O–H groups in total. The molecule has 148 valence electrons. The molecular formula is C23H29N3O2. The third-order valence-corrected chi connectivity index (χ3v) is 5.25. The van der Waals surface area contributed by atoms with Crippen molar-refractivity contribution in [3.8, 4) is 0 Å². The van der Waals surface area contributed by atoms with Crippen molar-refractivity contribution in [1.82, 2.24) is 4.90 Å². The Morgan fingerprint density at radius 1 is 1.07 bits per heavy atom. The van der Waals surface area contributed by atoms with Crippen molar-refractivity contribution in [2.24, 2.45) is 0 Å². The van der Waals surface area contributed by atoms with Crippen LogP contribution < -0.4 is 10.2 Å². The minimum atomic E-state index is -0.0451. The van der Waals surface area contributed by atoms with E-state index < -0.39 is 0 Å². The lowest BCUT2D eigenvalue weighted by molar-refractivity contribution is -0.115. The van der Waals surface area contributed by atoms with Crippen LogP contribution in [-0.2, 0) is 11.2 Å². The molecule has 0 aliphatic carbocycles. The Morgan fingerprint density at radius 2 is 1.79 bits per heavy atom. The van der Waals surface area contributed by atoms with E-state index in [1.54, 1.807) is 29.2 Å². The predicted octanol–water partition coefficient (Wildman–Crippen LogP) is 3.87. The maximum Gasteiger partial charge on any atom is 0.253 e. The number of hydrogen-bond acceptors (Lipinski definition) is 3. The van der Waals surface area contributed by atoms with Crippen molar-refractivity contribution in [1.29, 1.82) is 0 Å². The second-order valence-electron chi connectivity index (χ2n) is 7.26. The Hall–Kier alpha value is -2.82. The summed E-state index contributed by atoms with van der Waals surface area (Å²) in [5, 5.41) is 2.95. The molecule has 28 heavy (non-hydrogen) atoms. The third-order valence-electron chi connectivity index (χ3n) is 5.25. The molecule has 0 saturated carbocycles. The average molecular weight is 380 g/mol. The minimum Gasteiger partial charge on any atom is -0.362 e. The first-order valence-electron chi connectivity index (χ1n) is 10.1. The zero-order valence-corrected chi connectivity index (χ0v) is 17.0. The summed E-state index contributed by atoms with van der Waals surface area (Å²) in [6.07, 6.45) is 2.13. The van der Waals surface area contributed by atoms with Crippen molar-refractivity contribution in [3.05, 3.63) is 59.2 Å². The van der Waals surface area contributed by atoms with Crippen molar-refractivity contribution in [2.45, 2.75) is 33.6 Å². The highest BCUT2D eigenvalue weighted by Crippen LogP contribution is 2.27. The smallest absolute Gasteiger partial charge is 0.253 e. The van der Waals surface area contributed by atoms with Gasteiger partial charge in [-0.15, -0.1) is 0 Å². The van der Waals surface area contributed by atoms with Crippen LogP contribution in [0.15, 0.2) is 42.5 Å². The quantitative estimate of drug-likeness (QED) is 0.829. The van der Waals surface area contributed by atoms with Gasteiger partial charge in [0.2, 0.25) is 5.91 Å². The van der Waals surface area contributed by atoms with Gasteiger partial charge in [-0.1, -0.05) is 17.7 Å². The lowest BCUT2D eigenvalue weighted by Crippen LogP contribution is -2.36. The maximum atomic E-state index is 12.5. The number of aryl methyl sites for hydroxylation is 2. The fourth-order valence-corrected chi connectivity index (χ4v) is 3.73. The van der Waals surface area contributed by atoms with Crippen molar-refractivity contribution in [3.63, 3.8) is 0 Å². The van der Waals surface area contributed by atoms with Gasteiger partial charge in [0.05, 0.1) is 6.54 Å². The second-order valence-corrected chi connectivity index (χ2v) is 7.26. The Morgan fingerprint density at radius 3 is 2.46 bits per heavy atom. The molecule has 2 aromatic carbocycles. The van der Waals surface area contributed by atoms with Crippen molar-refractivity contribution < 1.29 is 9.59 Å². The molecule has 1 heterocycles. The van der Waals surface area contributed by atoms with Gasteiger partial charge in [-0.05, 0) is 69.5 Å². The topological polar surface area (TPSA) is 52.7 Å². The molecule has 2 amide bonds. The van der Waals surface area contributed by atoms with Gasteiger partial charge in [0.1, 0.15) is 0 Å². The fraction of sp³-hybridized carbons (Fsp3) is 0.391. The first kappa shape index (κ1) is 19.9. The van der Waals surface area contributed by atoms with Gasteiger partial charge >= 0.3 is 0 Å². The van der Waals surface area contributed by atoms with E-state index in [4.69, 9.17) is 0 Å². The first-order chi connectivity index (χ1) is 13.5. The Labute approximate surface area is 167 Å². The number of benzene rings is 2. The van der Waals surface area contributed by atoms with Gasteiger partial charge < -0.3 is 15.1 Å². The number of hydrogen-bond donors (Lipinski definition) is 1. The van der Waals surface area contributed by atoms with E-state index in [1.807, 2.05) is 13.8 Å². The summed E-state index contributed by atoms with van der Waals surface area (Å²) in [7, 11) is 0. The zero-order valence-electron chi connectivity index (χ0n) is 17.0. The number of anilines is 2. The molecule has 2 aromatic rings. The Balaban J connectivity index is 1.62. The summed E-state index contributed by atoms with van der Waals surface area (Å²) in [6.45, 7) is 8.62. The van der Waals surface area contributed by atoms with Gasteiger partial charge in [-0.25, -0.2) is 0 Å². The summed E-state index contributed by atoms with van der Waals surface area (Å²) in [4.78, 5) is 28.9. The molecule has 0 bridgehead atoms. The number of carbonyl (C=O) groups is 2. The Bertz CT molecular complexity index is 841. The summed E-state index contributed by atoms with van der Waals surface area (Å²) < 4.78 is 0. The standard InChI is InChI=1S/C23H29N3O2/c1-4-25(5-2)23(28)18-9-11-20(12-10-18)24-22(27)16-26-14-6-7-19-15-17(3)8-13-21(19)26/h8-13,15H,4-7,14,16H2,1-3H3,(H,24,27). The van der Waals surface area contributed by atoms with E-state index in [2.05, 4.69) is 35.3 Å². The molecular weight excluding hydrogens is 350 g/mol. The van der Waals surface area contributed by atoms with E-state index in [0.29, 0.717) is 30.9 Å². The van der Waals surface area contributed by atoms with Crippen LogP contribution in [0.5, 0.6) is 0 Å². The molecule has 0 unspecified atom stereocenters. The summed E-state index contributed by atoms with van der Waals surface area (Å²) in [5.74, 6) is -0.0284. The van der Waals surface area contributed by atoms with Crippen LogP contribution in [0.2, 0.25) is 0 Å². The van der Waals surface area contributed by atoms with Gasteiger partial charge in [0.15, 0.2) is 0 Å². The molecule has 0 atom stereocenters. The van der Waals surface area contributed by atoms with E-state index in [9.17, 15) is 9.59 Å². The number of amides is 2. The summed E-state index contributed by atoms with van der Waals surface area (Å²) >= 11 is 0. The molecule has 0 aromatic heterocycles. The lowest BCUT2D eigenvalue weighted by Gasteiger charge is -2.31. The van der Waals surface area contributed by atoms with Crippen LogP contribution in [0.25, 0.3) is 0 Å². The van der Waals surface area contributed by atoms with E-state index in [1.165, 1.54) is 11.1 Å². The van der Waals surface area contributed by atoms with Crippen LogP contribution in [0.4, 0.5) is 11.4 Å². The maximum absolute atomic E-state index is 12.5. The van der Waals surface area contributed by atoms with Crippen molar-refractivity contribution in [2.75, 3.05) is 36.4 Å². The molecule has 3 rings (SSSR count). The highest BCUT2D eigenvalue weighted by molar-refractivity contribution is 5.97. The first-order valence-corrected chi connectivity index (χ1v) is 10.1. The van der Waals surface area contributed by atoms with E-state index >= 15 is 0 Å². The van der Waals surface area contributed by atoms with E-state index in [0.717, 1.165) is 25.1 Å². The van der Waals surface area contributed by atoms with E-state index in [-0.39, 0.29) is 11.8 Å². The highest BCUT2D eigenvalue weighted by Gasteiger charge is 2.19. The number of nitrogens with zero attached hydrogens (tertiary/aromatic N) is 2. The van der Waals surface area contributed by atoms with Gasteiger partial charge in [-0.2, -0.15) is 0 Å². The molecule has 0 saturated heterocycles. The number of fused-ring (bicyclic) bond motifs is 1. The molecule has 0 spiro atoms. The molecule has 0 radical (unpaired) electrons.